The lowest BCUT2D eigenvalue weighted by Crippen LogP contribution is -2.34. The van der Waals surface area contributed by atoms with Gasteiger partial charge in [0.1, 0.15) is 5.00 Å². The van der Waals surface area contributed by atoms with Gasteiger partial charge in [-0.3, -0.25) is 4.31 Å². The van der Waals surface area contributed by atoms with Crippen molar-refractivity contribution in [3.05, 3.63) is 53.6 Å². The number of halogens is 4. The number of aromatic nitrogens is 4. The van der Waals surface area contributed by atoms with E-state index >= 15 is 0 Å². The Morgan fingerprint density at radius 3 is 2.42 bits per heavy atom. The molecule has 4 aromatic rings. The van der Waals surface area contributed by atoms with E-state index in [9.17, 15) is 21.6 Å². The van der Waals surface area contributed by atoms with Crippen LogP contribution in [-0.2, 0) is 10.0 Å². The first-order valence-electron chi connectivity index (χ1n) is 8.77. The predicted molar refractivity (Wildman–Crippen MR) is 112 cm³/mol. The standard InChI is InChI=1S/C18H13ClF3N5O2S2/c19-15-13-3-1-2-4-14(13)30-17(15)27(10-9-18(20,21)22)31(28,29)12-7-5-11(6-8-12)16-23-25-26-24-16/h1-8H,9-10H2,(H,23,24,25,26). The predicted octanol–water partition coefficient (Wildman–Crippen LogP) is 4.88. The van der Waals surface area contributed by atoms with Crippen LogP contribution in [0.2, 0.25) is 5.02 Å². The largest absolute Gasteiger partial charge is 0.390 e. The second kappa shape index (κ2) is 8.09. The van der Waals surface area contributed by atoms with Crippen molar-refractivity contribution in [2.45, 2.75) is 17.5 Å². The zero-order valence-electron chi connectivity index (χ0n) is 15.5. The van der Waals surface area contributed by atoms with Gasteiger partial charge in [0, 0.05) is 22.2 Å². The van der Waals surface area contributed by atoms with Crippen LogP contribution in [0, 0.1) is 0 Å². The highest BCUT2D eigenvalue weighted by atomic mass is 35.5. The van der Waals surface area contributed by atoms with Gasteiger partial charge < -0.3 is 0 Å². The normalized spacial score (nSPS) is 12.4. The summed E-state index contributed by atoms with van der Waals surface area (Å²) in [5, 5.41) is 13.9. The number of H-pyrrole nitrogens is 1. The Bertz CT molecular complexity index is 1310. The third-order valence-corrected chi connectivity index (χ3v) is 8.02. The van der Waals surface area contributed by atoms with E-state index in [1.807, 2.05) is 0 Å². The van der Waals surface area contributed by atoms with E-state index < -0.39 is 29.2 Å². The van der Waals surface area contributed by atoms with Gasteiger partial charge in [-0.15, -0.1) is 16.4 Å². The SMILES string of the molecule is O=S(=O)(c1ccc(-c2nnn[nH]2)cc1)N(CCC(F)(F)F)c1sc2ccccc2c1Cl. The average molecular weight is 488 g/mol. The number of benzene rings is 2. The lowest BCUT2D eigenvalue weighted by Gasteiger charge is -2.24. The minimum atomic E-state index is -4.54. The molecule has 7 nitrogen and oxygen atoms in total. The Kier molecular flexibility index (Phi) is 5.62. The van der Waals surface area contributed by atoms with Crippen LogP contribution in [0.25, 0.3) is 21.5 Å². The number of nitrogens with zero attached hydrogens (tertiary/aromatic N) is 4. The fourth-order valence-electron chi connectivity index (χ4n) is 2.91. The number of sulfonamides is 1. The van der Waals surface area contributed by atoms with Crippen molar-refractivity contribution >= 4 is 48.0 Å². The van der Waals surface area contributed by atoms with E-state index in [0.717, 1.165) is 15.6 Å². The van der Waals surface area contributed by atoms with Gasteiger partial charge in [0.25, 0.3) is 10.0 Å². The number of aromatic amines is 1. The van der Waals surface area contributed by atoms with Gasteiger partial charge in [-0.1, -0.05) is 29.8 Å². The summed E-state index contributed by atoms with van der Waals surface area (Å²) >= 11 is 7.41. The summed E-state index contributed by atoms with van der Waals surface area (Å²) in [6, 6.07) is 12.4. The molecular weight excluding hydrogens is 475 g/mol. The van der Waals surface area contributed by atoms with Crippen molar-refractivity contribution in [1.29, 1.82) is 0 Å². The van der Waals surface area contributed by atoms with Crippen molar-refractivity contribution in [3.63, 3.8) is 0 Å². The molecule has 0 amide bonds. The molecule has 0 saturated carbocycles. The maximum absolute atomic E-state index is 13.3. The Morgan fingerprint density at radius 2 is 1.81 bits per heavy atom. The number of hydrogen-bond donors (Lipinski definition) is 1. The van der Waals surface area contributed by atoms with E-state index in [4.69, 9.17) is 11.6 Å². The molecule has 0 atom stereocenters. The number of thiophene rings is 1. The molecular formula is C18H13ClF3N5O2S2. The number of hydrogen-bond acceptors (Lipinski definition) is 6. The van der Waals surface area contributed by atoms with Crippen LogP contribution in [0.5, 0.6) is 0 Å². The van der Waals surface area contributed by atoms with E-state index in [1.54, 1.807) is 24.3 Å². The van der Waals surface area contributed by atoms with Gasteiger partial charge in [-0.25, -0.2) is 13.5 Å². The van der Waals surface area contributed by atoms with Crippen molar-refractivity contribution in [2.24, 2.45) is 0 Å². The molecule has 0 fully saturated rings. The molecule has 0 saturated heterocycles. The minimum absolute atomic E-state index is 0.0376. The van der Waals surface area contributed by atoms with Crippen molar-refractivity contribution in [3.8, 4) is 11.4 Å². The molecule has 2 heterocycles. The number of alkyl halides is 3. The molecule has 4 rings (SSSR count). The quantitative estimate of drug-likeness (QED) is 0.418. The number of anilines is 1. The monoisotopic (exact) mass is 487 g/mol. The summed E-state index contributed by atoms with van der Waals surface area (Å²) in [5.74, 6) is 0.324. The fraction of sp³-hybridized carbons (Fsp3) is 0.167. The molecule has 0 aliphatic heterocycles. The van der Waals surface area contributed by atoms with Gasteiger partial charge in [0.2, 0.25) is 0 Å². The van der Waals surface area contributed by atoms with Gasteiger partial charge >= 0.3 is 6.18 Å². The molecule has 13 heteroatoms. The Hall–Kier alpha value is -2.70. The summed E-state index contributed by atoms with van der Waals surface area (Å²) in [4.78, 5) is -0.181. The molecule has 0 radical (unpaired) electrons. The van der Waals surface area contributed by atoms with Crippen molar-refractivity contribution in [1.82, 2.24) is 20.6 Å². The molecule has 2 aromatic carbocycles. The van der Waals surface area contributed by atoms with Crippen molar-refractivity contribution in [2.75, 3.05) is 10.8 Å². The molecule has 31 heavy (non-hydrogen) atoms. The highest BCUT2D eigenvalue weighted by molar-refractivity contribution is 7.93. The number of tetrazole rings is 1. The summed E-state index contributed by atoms with van der Waals surface area (Å²) in [6.45, 7) is -0.799. The lowest BCUT2D eigenvalue weighted by atomic mass is 10.2. The molecule has 0 aliphatic rings. The molecule has 0 unspecified atom stereocenters. The van der Waals surface area contributed by atoms with Crippen LogP contribution >= 0.6 is 22.9 Å². The van der Waals surface area contributed by atoms with Crippen LogP contribution in [0.1, 0.15) is 6.42 Å². The second-order valence-electron chi connectivity index (χ2n) is 6.43. The van der Waals surface area contributed by atoms with Crippen LogP contribution in [-0.4, -0.2) is 41.8 Å². The molecule has 0 spiro atoms. The minimum Gasteiger partial charge on any atom is -0.255 e. The van der Waals surface area contributed by atoms with Gasteiger partial charge in [0.05, 0.1) is 16.3 Å². The first kappa shape index (κ1) is 21.5. The maximum Gasteiger partial charge on any atom is 0.390 e. The van der Waals surface area contributed by atoms with Crippen LogP contribution in [0.3, 0.4) is 0 Å². The summed E-state index contributed by atoms with van der Waals surface area (Å²) < 4.78 is 67.0. The summed E-state index contributed by atoms with van der Waals surface area (Å²) in [7, 11) is -4.33. The number of fused-ring (bicyclic) bond motifs is 1. The maximum atomic E-state index is 13.3. The summed E-state index contributed by atoms with van der Waals surface area (Å²) in [5.41, 5.74) is 0.519. The van der Waals surface area contributed by atoms with Crippen LogP contribution in [0.15, 0.2) is 53.4 Å². The molecule has 2 aromatic heterocycles. The van der Waals surface area contributed by atoms with E-state index in [0.29, 0.717) is 21.5 Å². The second-order valence-corrected chi connectivity index (χ2v) is 9.70. The fourth-order valence-corrected chi connectivity index (χ4v) is 6.21. The Balaban J connectivity index is 1.77. The topological polar surface area (TPSA) is 91.8 Å². The Morgan fingerprint density at radius 1 is 1.10 bits per heavy atom. The van der Waals surface area contributed by atoms with E-state index in [2.05, 4.69) is 20.6 Å². The third kappa shape index (κ3) is 4.36. The van der Waals surface area contributed by atoms with Crippen LogP contribution < -0.4 is 4.31 Å². The molecule has 1 N–H and O–H groups in total. The molecule has 0 bridgehead atoms. The highest BCUT2D eigenvalue weighted by Crippen LogP contribution is 2.44. The first-order valence-corrected chi connectivity index (χ1v) is 11.4. The highest BCUT2D eigenvalue weighted by Gasteiger charge is 2.34. The smallest absolute Gasteiger partial charge is 0.255 e. The van der Waals surface area contributed by atoms with Gasteiger partial charge in [-0.05, 0) is 40.8 Å². The number of rotatable bonds is 6. The van der Waals surface area contributed by atoms with Gasteiger partial charge in [-0.2, -0.15) is 13.2 Å². The van der Waals surface area contributed by atoms with Crippen LogP contribution in [0.4, 0.5) is 18.2 Å². The zero-order chi connectivity index (χ0) is 22.2. The number of nitrogens with one attached hydrogen (secondary N) is 1. The Labute approximate surface area is 183 Å². The molecule has 0 aliphatic carbocycles. The van der Waals surface area contributed by atoms with E-state index in [-0.39, 0.29) is 14.9 Å². The lowest BCUT2D eigenvalue weighted by molar-refractivity contribution is -0.131. The van der Waals surface area contributed by atoms with Gasteiger partial charge in [0.15, 0.2) is 5.82 Å². The average Bonchev–Trinajstić information content (AvgIpc) is 3.37. The zero-order valence-corrected chi connectivity index (χ0v) is 17.9. The first-order chi connectivity index (χ1) is 14.7. The molecule has 162 valence electrons. The third-order valence-electron chi connectivity index (χ3n) is 4.40. The van der Waals surface area contributed by atoms with E-state index in [1.165, 1.54) is 24.3 Å². The van der Waals surface area contributed by atoms with Crippen molar-refractivity contribution < 1.29 is 21.6 Å². The summed E-state index contributed by atoms with van der Waals surface area (Å²) in [6.07, 6.45) is -5.86.